The summed E-state index contributed by atoms with van der Waals surface area (Å²) in [5, 5.41) is 3.18. The van der Waals surface area contributed by atoms with E-state index in [1.165, 1.54) is 23.1 Å². The number of rotatable bonds is 9. The second-order valence-electron chi connectivity index (χ2n) is 7.48. The van der Waals surface area contributed by atoms with Gasteiger partial charge in [-0.3, -0.25) is 13.9 Å². The van der Waals surface area contributed by atoms with Gasteiger partial charge in [0.05, 0.1) is 11.9 Å². The molecule has 2 amide bonds. The third kappa shape index (κ3) is 7.12. The molecule has 7 nitrogen and oxygen atoms in total. The molecule has 174 valence electrons. The molecule has 0 saturated heterocycles. The van der Waals surface area contributed by atoms with Gasteiger partial charge in [-0.25, -0.2) is 8.42 Å². The molecule has 0 spiro atoms. The van der Waals surface area contributed by atoms with Crippen LogP contribution >= 0.6 is 23.2 Å². The Bertz CT molecular complexity index is 1050. The van der Waals surface area contributed by atoms with Crippen LogP contribution in [0.4, 0.5) is 5.69 Å². The van der Waals surface area contributed by atoms with Gasteiger partial charge in [-0.05, 0) is 44.5 Å². The molecule has 1 N–H and O–H groups in total. The fourth-order valence-corrected chi connectivity index (χ4v) is 4.44. The summed E-state index contributed by atoms with van der Waals surface area (Å²) in [6.07, 6.45) is 0.993. The van der Waals surface area contributed by atoms with Crippen molar-refractivity contribution in [1.29, 1.82) is 0 Å². The zero-order valence-corrected chi connectivity index (χ0v) is 20.8. The van der Waals surface area contributed by atoms with Gasteiger partial charge in [-0.1, -0.05) is 53.0 Å². The Kier molecular flexibility index (Phi) is 8.95. The number of amides is 2. The van der Waals surface area contributed by atoms with Crippen LogP contribution in [0.1, 0.15) is 25.0 Å². The van der Waals surface area contributed by atoms with Crippen molar-refractivity contribution in [2.75, 3.05) is 23.7 Å². The molecule has 0 heterocycles. The monoisotopic (exact) mass is 499 g/mol. The van der Waals surface area contributed by atoms with Crippen molar-refractivity contribution in [1.82, 2.24) is 10.2 Å². The summed E-state index contributed by atoms with van der Waals surface area (Å²) in [7, 11) is -3.85. The highest BCUT2D eigenvalue weighted by Gasteiger charge is 2.30. The van der Waals surface area contributed by atoms with E-state index in [9.17, 15) is 18.0 Å². The predicted molar refractivity (Wildman–Crippen MR) is 129 cm³/mol. The third-order valence-corrected chi connectivity index (χ3v) is 6.38. The molecule has 1 unspecified atom stereocenters. The van der Waals surface area contributed by atoms with E-state index in [0.717, 1.165) is 21.7 Å². The highest BCUT2D eigenvalue weighted by atomic mass is 35.5. The molecule has 2 aromatic rings. The molecule has 0 radical (unpaired) electrons. The van der Waals surface area contributed by atoms with E-state index >= 15 is 0 Å². The maximum Gasteiger partial charge on any atom is 0.244 e. The smallest absolute Gasteiger partial charge is 0.244 e. The van der Waals surface area contributed by atoms with Gasteiger partial charge in [-0.15, -0.1) is 0 Å². The number of hydrogen-bond donors (Lipinski definition) is 1. The quantitative estimate of drug-likeness (QED) is 0.570. The summed E-state index contributed by atoms with van der Waals surface area (Å²) < 4.78 is 25.9. The van der Waals surface area contributed by atoms with E-state index in [-0.39, 0.29) is 28.2 Å². The number of sulfonamides is 1. The Morgan fingerprint density at radius 3 is 2.12 bits per heavy atom. The Hall–Kier alpha value is -2.29. The van der Waals surface area contributed by atoms with E-state index in [1.54, 1.807) is 13.8 Å². The Morgan fingerprint density at radius 1 is 1.06 bits per heavy atom. The van der Waals surface area contributed by atoms with E-state index in [1.807, 2.05) is 31.2 Å². The zero-order valence-electron chi connectivity index (χ0n) is 18.4. The van der Waals surface area contributed by atoms with Crippen LogP contribution in [0.5, 0.6) is 0 Å². The first-order valence-electron chi connectivity index (χ1n) is 9.99. The number of anilines is 1. The fraction of sp³-hybridized carbons (Fsp3) is 0.364. The minimum Gasteiger partial charge on any atom is -0.355 e. The largest absolute Gasteiger partial charge is 0.355 e. The number of nitrogens with one attached hydrogen (secondary N) is 1. The molecule has 10 heteroatoms. The zero-order chi connectivity index (χ0) is 24.1. The molecular weight excluding hydrogens is 473 g/mol. The van der Waals surface area contributed by atoms with Crippen molar-refractivity contribution in [3.63, 3.8) is 0 Å². The van der Waals surface area contributed by atoms with Crippen LogP contribution in [0, 0.1) is 6.92 Å². The summed E-state index contributed by atoms with van der Waals surface area (Å²) in [5.74, 6) is -0.865. The van der Waals surface area contributed by atoms with Crippen molar-refractivity contribution in [2.24, 2.45) is 0 Å². The molecule has 0 fully saturated rings. The van der Waals surface area contributed by atoms with Crippen molar-refractivity contribution in [3.8, 4) is 0 Å². The van der Waals surface area contributed by atoms with Crippen molar-refractivity contribution < 1.29 is 18.0 Å². The maximum atomic E-state index is 13.3. The van der Waals surface area contributed by atoms with Crippen LogP contribution in [0.25, 0.3) is 0 Å². The molecule has 2 aromatic carbocycles. The minimum absolute atomic E-state index is 0.144. The molecule has 0 aliphatic carbocycles. The number of carbonyl (C=O) groups is 2. The molecule has 0 aliphatic heterocycles. The van der Waals surface area contributed by atoms with Crippen molar-refractivity contribution in [3.05, 3.63) is 63.6 Å². The molecule has 32 heavy (non-hydrogen) atoms. The van der Waals surface area contributed by atoms with Crippen LogP contribution in [0.3, 0.4) is 0 Å². The van der Waals surface area contributed by atoms with Gasteiger partial charge in [0, 0.05) is 23.1 Å². The van der Waals surface area contributed by atoms with E-state index in [2.05, 4.69) is 5.32 Å². The van der Waals surface area contributed by atoms with Gasteiger partial charge >= 0.3 is 0 Å². The third-order valence-electron chi connectivity index (χ3n) is 4.81. The number of halogens is 2. The van der Waals surface area contributed by atoms with E-state index in [0.29, 0.717) is 6.54 Å². The number of benzene rings is 2. The summed E-state index contributed by atoms with van der Waals surface area (Å²) >= 11 is 12.1. The van der Waals surface area contributed by atoms with Gasteiger partial charge in [0.1, 0.15) is 12.6 Å². The lowest BCUT2D eigenvalue weighted by atomic mass is 10.1. The predicted octanol–water partition coefficient (Wildman–Crippen LogP) is 3.62. The summed E-state index contributed by atoms with van der Waals surface area (Å²) in [6, 6.07) is 11.0. The summed E-state index contributed by atoms with van der Waals surface area (Å²) in [5.41, 5.74) is 2.04. The maximum absolute atomic E-state index is 13.3. The Morgan fingerprint density at radius 2 is 1.62 bits per heavy atom. The number of hydrogen-bond acceptors (Lipinski definition) is 4. The fourth-order valence-electron chi connectivity index (χ4n) is 3.09. The van der Waals surface area contributed by atoms with Gasteiger partial charge in [0.15, 0.2) is 0 Å². The van der Waals surface area contributed by atoms with Crippen molar-refractivity contribution >= 4 is 50.7 Å². The normalized spacial score (nSPS) is 12.2. The first-order chi connectivity index (χ1) is 14.9. The molecular formula is C22H27Cl2N3O4S. The standard InChI is InChI=1S/C22H27Cl2N3O4S/c1-5-25-22(29)16(3)26(13-17-8-6-15(2)7-9-17)21(28)14-27(32(4,30)31)20-11-18(23)10-19(24)12-20/h6-12,16H,5,13-14H2,1-4H3,(H,25,29). The van der Waals surface area contributed by atoms with Gasteiger partial charge < -0.3 is 10.2 Å². The van der Waals surface area contributed by atoms with E-state index < -0.39 is 28.5 Å². The highest BCUT2D eigenvalue weighted by molar-refractivity contribution is 7.92. The van der Waals surface area contributed by atoms with Crippen LogP contribution in [0.2, 0.25) is 10.0 Å². The lowest BCUT2D eigenvalue weighted by Crippen LogP contribution is -2.51. The first-order valence-corrected chi connectivity index (χ1v) is 12.6. The first kappa shape index (κ1) is 26.0. The van der Waals surface area contributed by atoms with Crippen LogP contribution < -0.4 is 9.62 Å². The molecule has 0 aromatic heterocycles. The average Bonchev–Trinajstić information content (AvgIpc) is 2.69. The highest BCUT2D eigenvalue weighted by Crippen LogP contribution is 2.27. The Balaban J connectivity index is 2.40. The van der Waals surface area contributed by atoms with Crippen molar-refractivity contribution in [2.45, 2.75) is 33.4 Å². The van der Waals surface area contributed by atoms with Gasteiger partial charge in [0.2, 0.25) is 21.8 Å². The van der Waals surface area contributed by atoms with Crippen LogP contribution in [0.15, 0.2) is 42.5 Å². The number of aryl methyl sites for hydroxylation is 1. The molecule has 1 atom stereocenters. The lowest BCUT2D eigenvalue weighted by molar-refractivity contribution is -0.139. The molecule has 0 saturated carbocycles. The average molecular weight is 500 g/mol. The topological polar surface area (TPSA) is 86.8 Å². The van der Waals surface area contributed by atoms with Gasteiger partial charge in [-0.2, -0.15) is 0 Å². The van der Waals surface area contributed by atoms with Crippen LogP contribution in [-0.2, 0) is 26.2 Å². The van der Waals surface area contributed by atoms with Crippen LogP contribution in [-0.4, -0.2) is 50.5 Å². The van der Waals surface area contributed by atoms with E-state index in [4.69, 9.17) is 23.2 Å². The molecule has 0 aliphatic rings. The number of nitrogens with zero attached hydrogens (tertiary/aromatic N) is 2. The minimum atomic E-state index is -3.85. The SMILES string of the molecule is CCNC(=O)C(C)N(Cc1ccc(C)cc1)C(=O)CN(c1cc(Cl)cc(Cl)c1)S(C)(=O)=O. The molecule has 2 rings (SSSR count). The van der Waals surface area contributed by atoms with Gasteiger partial charge in [0.25, 0.3) is 0 Å². The molecule has 0 bridgehead atoms. The Labute approximate surface area is 199 Å². The summed E-state index contributed by atoms with van der Waals surface area (Å²) in [4.78, 5) is 27.2. The lowest BCUT2D eigenvalue weighted by Gasteiger charge is -2.31. The number of carbonyl (C=O) groups excluding carboxylic acids is 2. The second-order valence-corrected chi connectivity index (χ2v) is 10.3. The number of likely N-dealkylation sites (N-methyl/N-ethyl adjacent to an activating group) is 1. The second kappa shape index (κ2) is 11.0. The summed E-state index contributed by atoms with van der Waals surface area (Å²) in [6.45, 7) is 5.38.